The number of aromatic nitrogens is 3. The number of carbonyl (C=O) groups is 2. The Kier molecular flexibility index (Phi) is 2.92. The first kappa shape index (κ1) is 11.7. The molecule has 0 spiro atoms. The van der Waals surface area contributed by atoms with E-state index in [9.17, 15) is 9.59 Å². The molecule has 6 heteroatoms. The molecule has 0 aliphatic heterocycles. The maximum atomic E-state index is 12.1. The average Bonchev–Trinajstić information content (AvgIpc) is 3.08. The summed E-state index contributed by atoms with van der Waals surface area (Å²) in [5, 5.41) is 5.73. The first-order valence-corrected chi connectivity index (χ1v) is 6.57. The third-order valence-electron chi connectivity index (χ3n) is 2.77. The van der Waals surface area contributed by atoms with Crippen LogP contribution >= 0.6 is 11.3 Å². The van der Waals surface area contributed by atoms with Crippen LogP contribution in [0.1, 0.15) is 27.3 Å². The highest BCUT2D eigenvalue weighted by Gasteiger charge is 2.18. The van der Waals surface area contributed by atoms with Crippen molar-refractivity contribution < 1.29 is 9.59 Å². The predicted octanol–water partition coefficient (Wildman–Crippen LogP) is 2.25. The molecular formula is C13H9N3O2S. The van der Waals surface area contributed by atoms with Gasteiger partial charge in [0.2, 0.25) is 0 Å². The van der Waals surface area contributed by atoms with Crippen molar-refractivity contribution in [1.29, 1.82) is 0 Å². The summed E-state index contributed by atoms with van der Waals surface area (Å²) in [7, 11) is 0. The Morgan fingerprint density at radius 2 is 2.16 bits per heavy atom. The van der Waals surface area contributed by atoms with E-state index < -0.39 is 0 Å². The van der Waals surface area contributed by atoms with Gasteiger partial charge < -0.3 is 0 Å². The quantitative estimate of drug-likeness (QED) is 0.539. The minimum absolute atomic E-state index is 0.181. The molecule has 0 saturated heterocycles. The van der Waals surface area contributed by atoms with Crippen LogP contribution in [0, 0.1) is 0 Å². The van der Waals surface area contributed by atoms with E-state index in [1.165, 1.54) is 17.5 Å². The minimum atomic E-state index is -0.262. The standard InChI is InChI=1S/C13H9N3O2S/c17-12(5-13(18)10-7-19-8-14-10)9-6-15-16-4-2-1-3-11(9)16/h1-4,6-8H,5H2. The van der Waals surface area contributed by atoms with Gasteiger partial charge in [0, 0.05) is 11.6 Å². The van der Waals surface area contributed by atoms with Gasteiger partial charge in [0.05, 0.1) is 29.2 Å². The van der Waals surface area contributed by atoms with E-state index in [1.807, 2.05) is 12.1 Å². The Balaban J connectivity index is 1.86. The van der Waals surface area contributed by atoms with Crippen LogP contribution in [0.4, 0.5) is 0 Å². The van der Waals surface area contributed by atoms with Crippen molar-refractivity contribution in [3.63, 3.8) is 0 Å². The number of ketones is 2. The van der Waals surface area contributed by atoms with Gasteiger partial charge in [-0.1, -0.05) is 6.07 Å². The molecule has 3 aromatic heterocycles. The van der Waals surface area contributed by atoms with Gasteiger partial charge in [0.1, 0.15) is 5.69 Å². The summed E-state index contributed by atoms with van der Waals surface area (Å²) in [6.07, 6.45) is 3.07. The lowest BCUT2D eigenvalue weighted by atomic mass is 10.1. The zero-order valence-electron chi connectivity index (χ0n) is 9.81. The van der Waals surface area contributed by atoms with Gasteiger partial charge in [-0.25, -0.2) is 9.50 Å². The van der Waals surface area contributed by atoms with Gasteiger partial charge in [-0.05, 0) is 12.1 Å². The summed E-state index contributed by atoms with van der Waals surface area (Å²) in [4.78, 5) is 27.9. The highest BCUT2D eigenvalue weighted by Crippen LogP contribution is 2.14. The van der Waals surface area contributed by atoms with Gasteiger partial charge >= 0.3 is 0 Å². The van der Waals surface area contributed by atoms with Crippen LogP contribution < -0.4 is 0 Å². The smallest absolute Gasteiger partial charge is 0.189 e. The molecule has 0 aromatic carbocycles. The van der Waals surface area contributed by atoms with Crippen LogP contribution in [-0.2, 0) is 0 Å². The summed E-state index contributed by atoms with van der Waals surface area (Å²) < 4.78 is 1.61. The molecule has 94 valence electrons. The first-order valence-electron chi connectivity index (χ1n) is 5.62. The maximum Gasteiger partial charge on any atom is 0.189 e. The van der Waals surface area contributed by atoms with Gasteiger partial charge in [0.15, 0.2) is 11.6 Å². The van der Waals surface area contributed by atoms with Gasteiger partial charge in [-0.15, -0.1) is 11.3 Å². The molecule has 3 rings (SSSR count). The van der Waals surface area contributed by atoms with E-state index in [0.717, 1.165) is 0 Å². The maximum absolute atomic E-state index is 12.1. The number of hydrogen-bond acceptors (Lipinski definition) is 5. The Bertz CT molecular complexity index is 746. The first-order chi connectivity index (χ1) is 9.25. The molecule has 0 atom stereocenters. The number of thiazole rings is 1. The third-order valence-corrected chi connectivity index (χ3v) is 3.35. The number of carbonyl (C=O) groups excluding carboxylic acids is 2. The second-order valence-corrected chi connectivity index (χ2v) is 4.70. The normalized spacial score (nSPS) is 10.7. The number of nitrogens with zero attached hydrogens (tertiary/aromatic N) is 3. The molecule has 5 nitrogen and oxygen atoms in total. The lowest BCUT2D eigenvalue weighted by Crippen LogP contribution is -2.08. The Hall–Kier alpha value is -2.34. The summed E-state index contributed by atoms with van der Waals surface area (Å²) in [6.45, 7) is 0. The Morgan fingerprint density at radius 1 is 1.26 bits per heavy atom. The van der Waals surface area contributed by atoms with Gasteiger partial charge in [-0.3, -0.25) is 9.59 Å². The fraction of sp³-hybridized carbons (Fsp3) is 0.0769. The lowest BCUT2D eigenvalue weighted by molar-refractivity contribution is 0.0893. The Labute approximate surface area is 112 Å². The number of Topliss-reactive ketones (excluding diaryl/α,β-unsaturated/α-hetero) is 2. The van der Waals surface area contributed by atoms with Crippen molar-refractivity contribution in [1.82, 2.24) is 14.6 Å². The number of fused-ring (bicyclic) bond motifs is 1. The van der Waals surface area contributed by atoms with E-state index in [-0.39, 0.29) is 18.0 Å². The molecule has 0 unspecified atom stereocenters. The number of pyridine rings is 1. The minimum Gasteiger partial charge on any atom is -0.294 e. The van der Waals surface area contributed by atoms with Crippen LogP contribution in [-0.4, -0.2) is 26.2 Å². The van der Waals surface area contributed by atoms with E-state index >= 15 is 0 Å². The molecular weight excluding hydrogens is 262 g/mol. The monoisotopic (exact) mass is 271 g/mol. The number of rotatable bonds is 4. The van der Waals surface area contributed by atoms with Crippen molar-refractivity contribution in [2.45, 2.75) is 6.42 Å². The zero-order chi connectivity index (χ0) is 13.2. The fourth-order valence-corrected chi connectivity index (χ4v) is 2.39. The molecule has 19 heavy (non-hydrogen) atoms. The summed E-state index contributed by atoms with van der Waals surface area (Å²) in [5.74, 6) is -0.499. The second kappa shape index (κ2) is 4.74. The van der Waals surface area contributed by atoms with E-state index in [4.69, 9.17) is 0 Å². The highest BCUT2D eigenvalue weighted by molar-refractivity contribution is 7.07. The summed E-state index contributed by atoms with van der Waals surface area (Å²) >= 11 is 1.34. The molecule has 3 aromatic rings. The summed E-state index contributed by atoms with van der Waals surface area (Å²) in [5.41, 5.74) is 3.09. The molecule has 3 heterocycles. The van der Waals surface area contributed by atoms with E-state index in [2.05, 4.69) is 10.1 Å². The van der Waals surface area contributed by atoms with Crippen molar-refractivity contribution in [3.8, 4) is 0 Å². The van der Waals surface area contributed by atoms with Crippen LogP contribution in [0.25, 0.3) is 5.52 Å². The lowest BCUT2D eigenvalue weighted by Gasteiger charge is -1.97. The molecule has 0 aliphatic carbocycles. The van der Waals surface area contributed by atoms with Crippen LogP contribution in [0.3, 0.4) is 0 Å². The van der Waals surface area contributed by atoms with Crippen LogP contribution in [0.2, 0.25) is 0 Å². The van der Waals surface area contributed by atoms with Crippen molar-refractivity contribution in [2.75, 3.05) is 0 Å². The third kappa shape index (κ3) is 2.17. The molecule has 0 aliphatic rings. The van der Waals surface area contributed by atoms with Crippen molar-refractivity contribution in [3.05, 3.63) is 52.7 Å². The van der Waals surface area contributed by atoms with Gasteiger partial charge in [0.25, 0.3) is 0 Å². The van der Waals surface area contributed by atoms with E-state index in [0.29, 0.717) is 16.8 Å². The highest BCUT2D eigenvalue weighted by atomic mass is 32.1. The summed E-state index contributed by atoms with van der Waals surface area (Å²) in [6, 6.07) is 5.46. The van der Waals surface area contributed by atoms with Crippen molar-refractivity contribution in [2.24, 2.45) is 0 Å². The molecule has 0 amide bonds. The van der Waals surface area contributed by atoms with Crippen LogP contribution in [0.5, 0.6) is 0 Å². The molecule has 0 fully saturated rings. The molecule has 0 radical (unpaired) electrons. The molecule has 0 saturated carbocycles. The van der Waals surface area contributed by atoms with E-state index in [1.54, 1.807) is 27.7 Å². The largest absolute Gasteiger partial charge is 0.294 e. The zero-order valence-corrected chi connectivity index (χ0v) is 10.6. The van der Waals surface area contributed by atoms with Gasteiger partial charge in [-0.2, -0.15) is 5.10 Å². The fourth-order valence-electron chi connectivity index (χ4n) is 1.83. The van der Waals surface area contributed by atoms with Crippen LogP contribution in [0.15, 0.2) is 41.5 Å². The topological polar surface area (TPSA) is 64.3 Å². The Morgan fingerprint density at radius 3 is 2.95 bits per heavy atom. The second-order valence-electron chi connectivity index (χ2n) is 3.99. The number of hydrogen-bond donors (Lipinski definition) is 0. The van der Waals surface area contributed by atoms with Crippen molar-refractivity contribution >= 4 is 28.4 Å². The average molecular weight is 271 g/mol. The molecule has 0 N–H and O–H groups in total. The molecule has 0 bridgehead atoms. The predicted molar refractivity (Wildman–Crippen MR) is 70.6 cm³/mol. The SMILES string of the molecule is O=C(CC(=O)c1cnn2ccccc12)c1cscn1.